The maximum Gasteiger partial charge on any atom is 0.342 e. The summed E-state index contributed by atoms with van der Waals surface area (Å²) in [6.07, 6.45) is 2.87. The molecule has 0 saturated heterocycles. The molecule has 3 rings (SSSR count). The molecule has 2 aromatic carbocycles. The molecule has 10 nitrogen and oxygen atoms in total. The third kappa shape index (κ3) is 5.88. The Morgan fingerprint density at radius 1 is 0.923 bits per heavy atom. The van der Waals surface area contributed by atoms with Crippen LogP contribution in [0.3, 0.4) is 0 Å². The van der Waals surface area contributed by atoms with Crippen molar-refractivity contribution in [3.63, 3.8) is 0 Å². The number of imide groups is 1. The number of halogens is 1. The molecule has 0 atom stereocenters. The van der Waals surface area contributed by atoms with Crippen LogP contribution in [0.1, 0.15) is 85.2 Å². The first-order chi connectivity index (χ1) is 18.5. The average molecular weight is 605 g/mol. The van der Waals surface area contributed by atoms with Gasteiger partial charge in [-0.3, -0.25) is 9.59 Å². The summed E-state index contributed by atoms with van der Waals surface area (Å²) in [7, 11) is 0. The summed E-state index contributed by atoms with van der Waals surface area (Å²) in [5, 5.41) is 14.3. The van der Waals surface area contributed by atoms with Crippen LogP contribution >= 0.6 is 15.9 Å². The maximum absolute atomic E-state index is 13.5. The van der Waals surface area contributed by atoms with Gasteiger partial charge in [-0.25, -0.2) is 14.5 Å². The minimum atomic E-state index is -0.877. The van der Waals surface area contributed by atoms with E-state index >= 15 is 0 Å². The zero-order valence-corrected chi connectivity index (χ0v) is 24.5. The van der Waals surface area contributed by atoms with E-state index in [4.69, 9.17) is 14.2 Å². The van der Waals surface area contributed by atoms with Gasteiger partial charge in [0.05, 0.1) is 30.2 Å². The smallest absolute Gasteiger partial charge is 0.342 e. The number of carbonyl (C=O) groups excluding carboxylic acids is 4. The van der Waals surface area contributed by atoms with Gasteiger partial charge in [-0.2, -0.15) is 0 Å². The van der Waals surface area contributed by atoms with Crippen LogP contribution in [0.25, 0.3) is 0 Å². The van der Waals surface area contributed by atoms with Gasteiger partial charge in [-0.05, 0) is 32.8 Å². The molecule has 210 valence electrons. The Labute approximate surface area is 235 Å². The number of rotatable bonds is 9. The van der Waals surface area contributed by atoms with Crippen LogP contribution in [0.4, 0.5) is 17.1 Å². The van der Waals surface area contributed by atoms with E-state index in [-0.39, 0.29) is 58.5 Å². The summed E-state index contributed by atoms with van der Waals surface area (Å²) >= 11 is 3.46. The molecule has 0 spiro atoms. The van der Waals surface area contributed by atoms with E-state index in [2.05, 4.69) is 21.2 Å². The number of anilines is 3. The summed E-state index contributed by atoms with van der Waals surface area (Å²) in [6.45, 7) is 9.81. The van der Waals surface area contributed by atoms with Gasteiger partial charge >= 0.3 is 11.9 Å². The molecule has 39 heavy (non-hydrogen) atoms. The third-order valence-electron chi connectivity index (χ3n) is 6.29. The number of amides is 2. The molecule has 1 aliphatic heterocycles. The Bertz CT molecular complexity index is 1320. The Morgan fingerprint density at radius 2 is 1.46 bits per heavy atom. The van der Waals surface area contributed by atoms with Crippen molar-refractivity contribution in [1.29, 1.82) is 0 Å². The van der Waals surface area contributed by atoms with Gasteiger partial charge in [0.2, 0.25) is 11.8 Å². The second kappa shape index (κ2) is 12.5. The molecule has 0 unspecified atom stereocenters. The topological polar surface area (TPSA) is 131 Å². The van der Waals surface area contributed by atoms with Crippen molar-refractivity contribution in [2.24, 2.45) is 0 Å². The molecule has 0 fully saturated rings. The molecule has 0 aromatic heterocycles. The molecule has 1 aliphatic rings. The molecular weight excluding hydrogens is 572 g/mol. The normalized spacial score (nSPS) is 11.5. The molecule has 11 heteroatoms. The van der Waals surface area contributed by atoms with E-state index in [9.17, 15) is 24.3 Å². The minimum Gasteiger partial charge on any atom is -0.505 e. The first kappa shape index (κ1) is 29.9. The Kier molecular flexibility index (Phi) is 9.60. The van der Waals surface area contributed by atoms with Crippen LogP contribution in [-0.4, -0.2) is 42.1 Å². The number of ether oxygens (including phenoxy) is 3. The molecule has 0 aliphatic carbocycles. The van der Waals surface area contributed by atoms with Crippen LogP contribution in [-0.2, 0) is 19.1 Å². The molecule has 0 saturated carbocycles. The van der Waals surface area contributed by atoms with E-state index in [1.165, 1.54) is 6.92 Å². The van der Waals surface area contributed by atoms with Crippen LogP contribution in [0, 0.1) is 13.8 Å². The number of phenolic OH excluding ortho intramolecular Hbond substituents is 1. The summed E-state index contributed by atoms with van der Waals surface area (Å²) in [5.41, 5.74) is 0.655. The molecule has 2 N–H and O–H groups in total. The summed E-state index contributed by atoms with van der Waals surface area (Å²) in [5.74, 6) is -3.01. The summed E-state index contributed by atoms with van der Waals surface area (Å²) in [6, 6.07) is 1.59. The van der Waals surface area contributed by atoms with Gasteiger partial charge in [-0.1, -0.05) is 42.6 Å². The number of phenols is 1. The van der Waals surface area contributed by atoms with Crippen molar-refractivity contribution in [2.75, 3.05) is 23.4 Å². The fourth-order valence-electron chi connectivity index (χ4n) is 4.16. The number of aromatic hydroxyl groups is 1. The number of hydrogen-bond acceptors (Lipinski definition) is 9. The van der Waals surface area contributed by atoms with Gasteiger partial charge in [-0.15, -0.1) is 0 Å². The molecule has 2 amide bonds. The number of esters is 2. The molecule has 1 heterocycles. The van der Waals surface area contributed by atoms with Gasteiger partial charge in [0.15, 0.2) is 11.5 Å². The monoisotopic (exact) mass is 604 g/mol. The van der Waals surface area contributed by atoms with Crippen LogP contribution < -0.4 is 15.0 Å². The molecular formula is C28H33BrN2O8. The van der Waals surface area contributed by atoms with Crippen molar-refractivity contribution in [2.45, 2.75) is 67.2 Å². The second-order valence-corrected chi connectivity index (χ2v) is 10.1. The zero-order chi connectivity index (χ0) is 29.0. The highest BCUT2D eigenvalue weighted by Crippen LogP contribution is 2.55. The summed E-state index contributed by atoms with van der Waals surface area (Å²) < 4.78 is 17.7. The quantitative estimate of drug-likeness (QED) is 0.161. The Morgan fingerprint density at radius 3 is 2.00 bits per heavy atom. The largest absolute Gasteiger partial charge is 0.505 e. The fourth-order valence-corrected chi connectivity index (χ4v) is 4.57. The number of nitrogens with zero attached hydrogens (tertiary/aromatic N) is 1. The van der Waals surface area contributed by atoms with E-state index in [0.717, 1.165) is 26.7 Å². The van der Waals surface area contributed by atoms with E-state index in [0.29, 0.717) is 27.8 Å². The maximum atomic E-state index is 13.5. The van der Waals surface area contributed by atoms with Gasteiger partial charge < -0.3 is 24.6 Å². The fraction of sp³-hybridized carbons (Fsp3) is 0.429. The number of unbranched alkanes of at least 4 members (excludes halogenated alkanes) is 2. The van der Waals surface area contributed by atoms with Gasteiger partial charge in [0.1, 0.15) is 17.0 Å². The summed E-state index contributed by atoms with van der Waals surface area (Å²) in [4.78, 5) is 52.3. The molecule has 0 bridgehead atoms. The van der Waals surface area contributed by atoms with Crippen molar-refractivity contribution in [3.8, 4) is 17.2 Å². The van der Waals surface area contributed by atoms with E-state index in [1.807, 2.05) is 13.8 Å². The Hall–Kier alpha value is -3.60. The lowest BCUT2D eigenvalue weighted by Crippen LogP contribution is -2.35. The first-order valence-electron chi connectivity index (χ1n) is 12.8. The second-order valence-electron chi connectivity index (χ2n) is 9.22. The SMILES string of the molecule is CCCCOC(=O)c1cc(Br)c(C)c2c1Nc1c(c(C)c(O)c(N(C(C)=O)C(C)=O)c1C(=O)OCCCC)O2. The minimum absolute atomic E-state index is 0.0473. The lowest BCUT2D eigenvalue weighted by molar-refractivity contribution is -0.124. The number of nitrogens with one attached hydrogen (secondary N) is 1. The average Bonchev–Trinajstić information content (AvgIpc) is 2.88. The van der Waals surface area contributed by atoms with Crippen LogP contribution in [0.2, 0.25) is 0 Å². The van der Waals surface area contributed by atoms with Crippen molar-refractivity contribution >= 4 is 56.7 Å². The first-order valence-corrected chi connectivity index (χ1v) is 13.6. The molecule has 2 aromatic rings. The number of fused-ring (bicyclic) bond motifs is 2. The van der Waals surface area contributed by atoms with Gasteiger partial charge in [0.25, 0.3) is 0 Å². The number of benzene rings is 2. The lowest BCUT2D eigenvalue weighted by atomic mass is 9.98. The predicted octanol–water partition coefficient (Wildman–Crippen LogP) is 6.43. The highest BCUT2D eigenvalue weighted by molar-refractivity contribution is 9.10. The van der Waals surface area contributed by atoms with E-state index in [1.54, 1.807) is 13.0 Å². The van der Waals surface area contributed by atoms with Crippen LogP contribution in [0.5, 0.6) is 17.2 Å². The third-order valence-corrected chi connectivity index (χ3v) is 7.12. The van der Waals surface area contributed by atoms with Crippen molar-refractivity contribution in [3.05, 3.63) is 32.8 Å². The van der Waals surface area contributed by atoms with E-state index < -0.39 is 29.5 Å². The standard InChI is InChI=1S/C28H33BrN2O8/c1-7-9-11-37-27(35)18-13-19(29)14(3)25-21(18)30-22-20(28(36)38-12-10-8-2)23(31(16(5)32)17(6)33)24(34)15(4)26(22)39-25/h13,30,34H,7-12H2,1-6H3. The van der Waals surface area contributed by atoms with Crippen LogP contribution in [0.15, 0.2) is 10.5 Å². The zero-order valence-electron chi connectivity index (χ0n) is 23.0. The number of hydrogen-bond donors (Lipinski definition) is 2. The molecule has 0 radical (unpaired) electrons. The number of carbonyl (C=O) groups is 4. The van der Waals surface area contributed by atoms with Crippen molar-refractivity contribution in [1.82, 2.24) is 0 Å². The van der Waals surface area contributed by atoms with Gasteiger partial charge in [0, 0.05) is 29.4 Å². The van der Waals surface area contributed by atoms with Crippen molar-refractivity contribution < 1.29 is 38.5 Å². The lowest BCUT2D eigenvalue weighted by Gasteiger charge is -2.31. The predicted molar refractivity (Wildman–Crippen MR) is 149 cm³/mol. The Balaban J connectivity index is 2.31. The highest BCUT2D eigenvalue weighted by Gasteiger charge is 2.38. The highest BCUT2D eigenvalue weighted by atomic mass is 79.9.